The molecule has 0 aliphatic rings. The molecule has 0 aliphatic carbocycles. The average Bonchev–Trinajstić information content (AvgIpc) is 2.73. The second-order valence-corrected chi connectivity index (χ2v) is 6.46. The Kier molecular flexibility index (Phi) is 4.40. The van der Waals surface area contributed by atoms with Crippen molar-refractivity contribution >= 4 is 16.8 Å². The summed E-state index contributed by atoms with van der Waals surface area (Å²) in [5.74, 6) is -0.550. The molecule has 27 heavy (non-hydrogen) atoms. The molecule has 0 saturated carbocycles. The molecule has 4 heteroatoms. The van der Waals surface area contributed by atoms with Crippen molar-refractivity contribution in [1.82, 2.24) is 10.5 Å². The van der Waals surface area contributed by atoms with E-state index in [2.05, 4.69) is 36.2 Å². The van der Waals surface area contributed by atoms with Gasteiger partial charge in [0.25, 0.3) is 5.91 Å². The fourth-order valence-electron chi connectivity index (χ4n) is 3.15. The molecule has 1 heterocycles. The molecule has 1 amide bonds. The molecule has 4 rings (SSSR count). The van der Waals surface area contributed by atoms with Gasteiger partial charge in [-0.05, 0) is 30.2 Å². The highest BCUT2D eigenvalue weighted by molar-refractivity contribution is 6.06. The number of pyridine rings is 1. The van der Waals surface area contributed by atoms with Crippen molar-refractivity contribution < 1.29 is 10.0 Å². The van der Waals surface area contributed by atoms with Crippen LogP contribution in [-0.2, 0) is 0 Å². The number of carbonyl (C=O) groups is 1. The molecule has 0 radical (unpaired) electrons. The molecule has 0 unspecified atom stereocenters. The first kappa shape index (κ1) is 16.9. The number of aryl methyl sites for hydroxylation is 1. The van der Waals surface area contributed by atoms with Gasteiger partial charge in [-0.25, -0.2) is 10.5 Å². The van der Waals surface area contributed by atoms with Crippen LogP contribution in [0.2, 0.25) is 0 Å². The van der Waals surface area contributed by atoms with Gasteiger partial charge in [-0.1, -0.05) is 72.3 Å². The monoisotopic (exact) mass is 354 g/mol. The number of fused-ring (bicyclic) bond motifs is 1. The third-order valence-corrected chi connectivity index (χ3v) is 4.63. The Bertz CT molecular complexity index is 1120. The van der Waals surface area contributed by atoms with E-state index in [1.54, 1.807) is 11.5 Å². The highest BCUT2D eigenvalue weighted by Crippen LogP contribution is 2.27. The van der Waals surface area contributed by atoms with E-state index in [0.717, 1.165) is 16.7 Å². The molecule has 0 fully saturated rings. The molecule has 4 aromatic rings. The van der Waals surface area contributed by atoms with Crippen LogP contribution < -0.4 is 5.48 Å². The lowest BCUT2D eigenvalue weighted by atomic mass is 10.00. The lowest BCUT2D eigenvalue weighted by Gasteiger charge is -2.09. The Morgan fingerprint density at radius 2 is 1.44 bits per heavy atom. The molecule has 0 atom stereocenters. The summed E-state index contributed by atoms with van der Waals surface area (Å²) >= 11 is 0. The normalized spacial score (nSPS) is 10.7. The SMILES string of the molecule is Cc1ccc(-c2ccc(-c3cc(C(=O)NO)c4ccccc4n3)cc2)cc1. The molecule has 0 spiro atoms. The number of hydroxylamine groups is 1. The Morgan fingerprint density at radius 3 is 2.11 bits per heavy atom. The molecular formula is C23H18N2O2. The van der Waals surface area contributed by atoms with Crippen LogP contribution >= 0.6 is 0 Å². The zero-order valence-corrected chi connectivity index (χ0v) is 14.8. The number of benzene rings is 3. The highest BCUT2D eigenvalue weighted by Gasteiger charge is 2.13. The van der Waals surface area contributed by atoms with Crippen LogP contribution in [-0.4, -0.2) is 16.1 Å². The summed E-state index contributed by atoms with van der Waals surface area (Å²) in [5.41, 5.74) is 7.90. The van der Waals surface area contributed by atoms with Crippen LogP contribution in [0.3, 0.4) is 0 Å². The van der Waals surface area contributed by atoms with Crippen LogP contribution in [0.15, 0.2) is 78.9 Å². The predicted octanol–water partition coefficient (Wildman–Crippen LogP) is 5.00. The van der Waals surface area contributed by atoms with Crippen molar-refractivity contribution in [3.05, 3.63) is 90.0 Å². The maximum atomic E-state index is 12.1. The lowest BCUT2D eigenvalue weighted by Crippen LogP contribution is -2.19. The predicted molar refractivity (Wildman–Crippen MR) is 107 cm³/mol. The van der Waals surface area contributed by atoms with E-state index < -0.39 is 5.91 Å². The first-order chi connectivity index (χ1) is 13.2. The molecule has 0 saturated heterocycles. The van der Waals surface area contributed by atoms with Crippen LogP contribution in [0.25, 0.3) is 33.3 Å². The Hall–Kier alpha value is -3.50. The average molecular weight is 354 g/mol. The minimum atomic E-state index is -0.550. The van der Waals surface area contributed by atoms with E-state index >= 15 is 0 Å². The first-order valence-electron chi connectivity index (χ1n) is 8.67. The minimum absolute atomic E-state index is 0.390. The summed E-state index contributed by atoms with van der Waals surface area (Å²) in [6, 6.07) is 25.5. The lowest BCUT2D eigenvalue weighted by molar-refractivity contribution is 0.0708. The van der Waals surface area contributed by atoms with Crippen LogP contribution in [0.4, 0.5) is 0 Å². The largest absolute Gasteiger partial charge is 0.288 e. The molecule has 3 aromatic carbocycles. The van der Waals surface area contributed by atoms with Gasteiger partial charge >= 0.3 is 0 Å². The zero-order valence-electron chi connectivity index (χ0n) is 14.8. The summed E-state index contributed by atoms with van der Waals surface area (Å²) in [7, 11) is 0. The Balaban J connectivity index is 1.78. The molecule has 0 aliphatic heterocycles. The van der Waals surface area contributed by atoms with Crippen molar-refractivity contribution in [2.45, 2.75) is 6.92 Å². The summed E-state index contributed by atoms with van der Waals surface area (Å²) < 4.78 is 0. The Morgan fingerprint density at radius 1 is 0.852 bits per heavy atom. The molecule has 1 aromatic heterocycles. The summed E-state index contributed by atoms with van der Waals surface area (Å²) in [6.07, 6.45) is 0. The summed E-state index contributed by atoms with van der Waals surface area (Å²) in [6.45, 7) is 2.07. The molecule has 0 bridgehead atoms. The van der Waals surface area contributed by atoms with Gasteiger partial charge in [0, 0.05) is 10.9 Å². The van der Waals surface area contributed by atoms with Crippen molar-refractivity contribution in [2.75, 3.05) is 0 Å². The number of hydrogen-bond acceptors (Lipinski definition) is 3. The summed E-state index contributed by atoms with van der Waals surface area (Å²) in [5, 5.41) is 9.77. The van der Waals surface area contributed by atoms with Gasteiger partial charge in [0.05, 0.1) is 16.8 Å². The third kappa shape index (κ3) is 3.30. The Labute approximate surface area is 157 Å². The van der Waals surface area contributed by atoms with Gasteiger partial charge < -0.3 is 0 Å². The van der Waals surface area contributed by atoms with Crippen molar-refractivity contribution in [3.8, 4) is 22.4 Å². The fraction of sp³-hybridized carbons (Fsp3) is 0.0435. The molecule has 132 valence electrons. The van der Waals surface area contributed by atoms with Crippen molar-refractivity contribution in [1.29, 1.82) is 0 Å². The fourth-order valence-corrected chi connectivity index (χ4v) is 3.15. The maximum absolute atomic E-state index is 12.1. The van der Waals surface area contributed by atoms with E-state index in [1.165, 1.54) is 5.56 Å². The number of nitrogens with one attached hydrogen (secondary N) is 1. The topological polar surface area (TPSA) is 62.2 Å². The van der Waals surface area contributed by atoms with Crippen molar-refractivity contribution in [2.24, 2.45) is 0 Å². The second-order valence-electron chi connectivity index (χ2n) is 6.46. The van der Waals surface area contributed by atoms with E-state index in [9.17, 15) is 4.79 Å². The minimum Gasteiger partial charge on any atom is -0.288 e. The van der Waals surface area contributed by atoms with Gasteiger partial charge in [-0.3, -0.25) is 10.0 Å². The van der Waals surface area contributed by atoms with E-state index in [4.69, 9.17) is 5.21 Å². The van der Waals surface area contributed by atoms with E-state index in [1.807, 2.05) is 48.5 Å². The van der Waals surface area contributed by atoms with Gasteiger partial charge in [0.2, 0.25) is 0 Å². The van der Waals surface area contributed by atoms with Gasteiger partial charge in [0.1, 0.15) is 0 Å². The number of aromatic nitrogens is 1. The summed E-state index contributed by atoms with van der Waals surface area (Å²) in [4.78, 5) is 16.8. The highest BCUT2D eigenvalue weighted by atomic mass is 16.5. The van der Waals surface area contributed by atoms with Gasteiger partial charge in [0.15, 0.2) is 0 Å². The number of hydrogen-bond donors (Lipinski definition) is 2. The smallest absolute Gasteiger partial charge is 0.275 e. The number of amides is 1. The van der Waals surface area contributed by atoms with Gasteiger partial charge in [-0.2, -0.15) is 0 Å². The van der Waals surface area contributed by atoms with Gasteiger partial charge in [-0.15, -0.1) is 0 Å². The zero-order chi connectivity index (χ0) is 18.8. The number of carbonyl (C=O) groups excluding carboxylic acids is 1. The maximum Gasteiger partial charge on any atom is 0.275 e. The van der Waals surface area contributed by atoms with E-state index in [0.29, 0.717) is 22.2 Å². The van der Waals surface area contributed by atoms with E-state index in [-0.39, 0.29) is 0 Å². The van der Waals surface area contributed by atoms with Crippen molar-refractivity contribution in [3.63, 3.8) is 0 Å². The standard InChI is InChI=1S/C23H18N2O2/c1-15-6-8-16(9-7-15)17-10-12-18(13-11-17)22-14-20(23(26)25-27)19-4-2-3-5-21(19)24-22/h2-14,27H,1H3,(H,25,26). The van der Waals surface area contributed by atoms with Crippen LogP contribution in [0, 0.1) is 6.92 Å². The van der Waals surface area contributed by atoms with Crippen LogP contribution in [0.5, 0.6) is 0 Å². The van der Waals surface area contributed by atoms with Crippen LogP contribution in [0.1, 0.15) is 15.9 Å². The number of rotatable bonds is 3. The number of para-hydroxylation sites is 1. The quantitative estimate of drug-likeness (QED) is 0.402. The molecule has 4 nitrogen and oxygen atoms in total. The molecule has 2 N–H and O–H groups in total. The molecular weight excluding hydrogens is 336 g/mol. The number of nitrogens with zero attached hydrogens (tertiary/aromatic N) is 1. The second kappa shape index (κ2) is 7.02. The first-order valence-corrected chi connectivity index (χ1v) is 8.67. The third-order valence-electron chi connectivity index (χ3n) is 4.63.